The van der Waals surface area contributed by atoms with Gasteiger partial charge in [0.05, 0.1) is 34.9 Å². The molecular formula is C18H18ClN3O3. The first-order chi connectivity index (χ1) is 12.0. The molecule has 1 aliphatic heterocycles. The number of aromatic nitrogens is 2. The molecule has 0 aliphatic carbocycles. The number of fused-ring (bicyclic) bond motifs is 1. The van der Waals surface area contributed by atoms with Gasteiger partial charge in [0.15, 0.2) is 5.78 Å². The van der Waals surface area contributed by atoms with E-state index >= 15 is 0 Å². The van der Waals surface area contributed by atoms with Gasteiger partial charge in [0.25, 0.3) is 5.56 Å². The van der Waals surface area contributed by atoms with Crippen molar-refractivity contribution >= 4 is 28.3 Å². The fourth-order valence-electron chi connectivity index (χ4n) is 3.05. The minimum absolute atomic E-state index is 0.0960. The van der Waals surface area contributed by atoms with Crippen LogP contribution in [0.15, 0.2) is 23.3 Å². The average Bonchev–Trinajstić information content (AvgIpc) is 2.59. The number of hydrogen-bond donors (Lipinski definition) is 2. The van der Waals surface area contributed by atoms with Crippen LogP contribution in [0.1, 0.15) is 24.8 Å². The van der Waals surface area contributed by atoms with Gasteiger partial charge in [-0.3, -0.25) is 14.2 Å². The molecule has 1 aromatic heterocycles. The first-order valence-corrected chi connectivity index (χ1v) is 8.46. The monoisotopic (exact) mass is 359 g/mol. The molecule has 0 saturated carbocycles. The van der Waals surface area contributed by atoms with E-state index in [2.05, 4.69) is 16.2 Å². The van der Waals surface area contributed by atoms with Crippen LogP contribution in [-0.4, -0.2) is 39.1 Å². The maximum Gasteiger partial charge on any atom is 0.261 e. The summed E-state index contributed by atoms with van der Waals surface area (Å²) in [5.41, 5.74) is 0.559. The number of carbonyl (C=O) groups excluding carboxylic acids is 1. The fraction of sp³-hybridized carbons (Fsp3) is 0.389. The van der Waals surface area contributed by atoms with Gasteiger partial charge in [-0.1, -0.05) is 17.5 Å². The molecule has 0 spiro atoms. The molecule has 0 radical (unpaired) electrons. The molecule has 3 rings (SSSR count). The Balaban J connectivity index is 1.82. The molecule has 2 N–H and O–H groups in total. The van der Waals surface area contributed by atoms with Gasteiger partial charge < -0.3 is 10.4 Å². The number of terminal acetylenes is 1. The molecule has 1 aromatic carbocycles. The summed E-state index contributed by atoms with van der Waals surface area (Å²) >= 11 is 6.06. The van der Waals surface area contributed by atoms with Crippen molar-refractivity contribution in [2.24, 2.45) is 0 Å². The van der Waals surface area contributed by atoms with Crippen molar-refractivity contribution in [1.29, 1.82) is 0 Å². The predicted molar refractivity (Wildman–Crippen MR) is 95.6 cm³/mol. The maximum absolute atomic E-state index is 12.6. The van der Waals surface area contributed by atoms with Crippen molar-refractivity contribution in [2.75, 3.05) is 6.54 Å². The highest BCUT2D eigenvalue weighted by Gasteiger charge is 2.25. The standard InChI is InChI=1S/C18H18ClN3O3/c1-2-11-6-15-13(8-14(11)19)18(25)22(10-21-15)9-12(23)7-16-17(24)4-3-5-20-16/h1,6,8,10,16-17,20,24H,3-5,7,9H2. The van der Waals surface area contributed by atoms with Crippen LogP contribution in [0.5, 0.6) is 0 Å². The molecule has 2 aromatic rings. The number of nitrogens with one attached hydrogen (secondary N) is 1. The summed E-state index contributed by atoms with van der Waals surface area (Å²) in [5.74, 6) is 2.29. The van der Waals surface area contributed by atoms with E-state index in [1.165, 1.54) is 17.0 Å². The van der Waals surface area contributed by atoms with Gasteiger partial charge in [-0.05, 0) is 31.5 Å². The summed E-state index contributed by atoms with van der Waals surface area (Å²) < 4.78 is 1.26. The van der Waals surface area contributed by atoms with Crippen LogP contribution >= 0.6 is 11.6 Å². The van der Waals surface area contributed by atoms with E-state index in [0.29, 0.717) is 27.9 Å². The SMILES string of the molecule is C#Cc1cc2ncn(CC(=O)CC3NCCCC3O)c(=O)c2cc1Cl. The number of halogens is 1. The summed E-state index contributed by atoms with van der Waals surface area (Å²) in [6.07, 6.45) is 7.89. The van der Waals surface area contributed by atoms with Gasteiger partial charge >= 0.3 is 0 Å². The molecule has 1 aliphatic rings. The Labute approximate surface area is 149 Å². The third kappa shape index (κ3) is 3.74. The number of hydrogen-bond acceptors (Lipinski definition) is 5. The summed E-state index contributed by atoms with van der Waals surface area (Å²) in [6.45, 7) is 0.684. The predicted octanol–water partition coefficient (Wildman–Crippen LogP) is 1.10. The number of rotatable bonds is 4. The third-order valence-electron chi connectivity index (χ3n) is 4.41. The van der Waals surface area contributed by atoms with E-state index in [1.807, 2.05) is 0 Å². The Morgan fingerprint density at radius 3 is 3.04 bits per heavy atom. The van der Waals surface area contributed by atoms with Crippen LogP contribution in [-0.2, 0) is 11.3 Å². The van der Waals surface area contributed by atoms with Crippen LogP contribution in [0.2, 0.25) is 5.02 Å². The van der Waals surface area contributed by atoms with E-state index in [-0.39, 0.29) is 30.3 Å². The van der Waals surface area contributed by atoms with Gasteiger partial charge in [0.2, 0.25) is 0 Å². The van der Waals surface area contributed by atoms with Crippen LogP contribution in [0.4, 0.5) is 0 Å². The van der Waals surface area contributed by atoms with E-state index in [4.69, 9.17) is 18.0 Å². The number of ketones is 1. The number of benzene rings is 1. The Bertz CT molecular complexity index is 916. The molecule has 1 saturated heterocycles. The minimum Gasteiger partial charge on any atom is -0.391 e. The average molecular weight is 360 g/mol. The van der Waals surface area contributed by atoms with Gasteiger partial charge in [0, 0.05) is 18.0 Å². The lowest BCUT2D eigenvalue weighted by Gasteiger charge is -2.28. The lowest BCUT2D eigenvalue weighted by Crippen LogP contribution is -2.46. The van der Waals surface area contributed by atoms with Crippen LogP contribution < -0.4 is 10.9 Å². The first-order valence-electron chi connectivity index (χ1n) is 8.08. The number of aliphatic hydroxyl groups excluding tert-OH is 1. The smallest absolute Gasteiger partial charge is 0.261 e. The second-order valence-corrected chi connectivity index (χ2v) is 6.59. The number of aliphatic hydroxyl groups is 1. The third-order valence-corrected chi connectivity index (χ3v) is 4.72. The van der Waals surface area contributed by atoms with Crippen molar-refractivity contribution in [1.82, 2.24) is 14.9 Å². The normalized spacial score (nSPS) is 20.4. The molecule has 0 bridgehead atoms. The Kier molecular flexibility index (Phi) is 5.19. The summed E-state index contributed by atoms with van der Waals surface area (Å²) in [5, 5.41) is 13.7. The van der Waals surface area contributed by atoms with Crippen molar-refractivity contribution in [3.8, 4) is 12.3 Å². The van der Waals surface area contributed by atoms with Crippen LogP contribution in [0, 0.1) is 12.3 Å². The molecule has 2 unspecified atom stereocenters. The number of nitrogens with zero attached hydrogens (tertiary/aromatic N) is 2. The van der Waals surface area contributed by atoms with Gasteiger partial charge in [0.1, 0.15) is 0 Å². The lowest BCUT2D eigenvalue weighted by molar-refractivity contribution is -0.121. The van der Waals surface area contributed by atoms with E-state index in [1.54, 1.807) is 6.07 Å². The molecule has 2 atom stereocenters. The second kappa shape index (κ2) is 7.36. The van der Waals surface area contributed by atoms with E-state index in [9.17, 15) is 14.7 Å². The Morgan fingerprint density at radius 1 is 1.52 bits per heavy atom. The van der Waals surface area contributed by atoms with E-state index < -0.39 is 6.10 Å². The molecule has 7 heteroatoms. The number of Topliss-reactive ketones (excluding diaryl/α,β-unsaturated/α-hetero) is 1. The highest BCUT2D eigenvalue weighted by molar-refractivity contribution is 6.32. The quantitative estimate of drug-likeness (QED) is 0.799. The first kappa shape index (κ1) is 17.6. The second-order valence-electron chi connectivity index (χ2n) is 6.18. The number of piperidine rings is 1. The number of carbonyl (C=O) groups is 1. The van der Waals surface area contributed by atoms with Crippen LogP contribution in [0.3, 0.4) is 0 Å². The van der Waals surface area contributed by atoms with E-state index in [0.717, 1.165) is 13.0 Å². The molecule has 1 fully saturated rings. The molecule has 0 amide bonds. The Morgan fingerprint density at radius 2 is 2.32 bits per heavy atom. The molecule has 6 nitrogen and oxygen atoms in total. The summed E-state index contributed by atoms with van der Waals surface area (Å²) in [6, 6.07) is 2.79. The zero-order valence-electron chi connectivity index (χ0n) is 13.5. The maximum atomic E-state index is 12.6. The fourth-order valence-corrected chi connectivity index (χ4v) is 3.26. The van der Waals surface area contributed by atoms with Crippen molar-refractivity contribution in [2.45, 2.75) is 38.0 Å². The van der Waals surface area contributed by atoms with Gasteiger partial charge in [-0.15, -0.1) is 6.42 Å². The van der Waals surface area contributed by atoms with Crippen molar-refractivity contribution in [3.05, 3.63) is 39.4 Å². The zero-order valence-corrected chi connectivity index (χ0v) is 14.3. The molecule has 2 heterocycles. The zero-order chi connectivity index (χ0) is 18.0. The summed E-state index contributed by atoms with van der Waals surface area (Å²) in [7, 11) is 0. The Hall–Kier alpha value is -2.20. The molecular weight excluding hydrogens is 342 g/mol. The van der Waals surface area contributed by atoms with Crippen molar-refractivity contribution < 1.29 is 9.90 Å². The topological polar surface area (TPSA) is 84.2 Å². The highest BCUT2D eigenvalue weighted by atomic mass is 35.5. The van der Waals surface area contributed by atoms with Crippen molar-refractivity contribution in [3.63, 3.8) is 0 Å². The summed E-state index contributed by atoms with van der Waals surface area (Å²) in [4.78, 5) is 29.1. The lowest BCUT2D eigenvalue weighted by atomic mass is 9.97. The van der Waals surface area contributed by atoms with Gasteiger partial charge in [-0.2, -0.15) is 0 Å². The largest absolute Gasteiger partial charge is 0.391 e. The minimum atomic E-state index is -0.537. The van der Waals surface area contributed by atoms with Crippen LogP contribution in [0.25, 0.3) is 10.9 Å². The molecule has 130 valence electrons. The van der Waals surface area contributed by atoms with Gasteiger partial charge in [-0.25, -0.2) is 4.98 Å². The molecule has 25 heavy (non-hydrogen) atoms. The highest BCUT2D eigenvalue weighted by Crippen LogP contribution is 2.20.